The number of amides is 1. The second-order valence-electron chi connectivity index (χ2n) is 9.86. The molecule has 3 aromatic rings. The molecule has 0 bridgehead atoms. The van der Waals surface area contributed by atoms with Crippen molar-refractivity contribution in [3.63, 3.8) is 0 Å². The Morgan fingerprint density at radius 1 is 1.16 bits per heavy atom. The fourth-order valence-corrected chi connectivity index (χ4v) is 5.93. The van der Waals surface area contributed by atoms with Crippen molar-refractivity contribution in [3.05, 3.63) is 65.6 Å². The standard InChI is InChI=1S/C26H26F4N4O3S/c1-2-38(36,37)34-17-6-3-5-15(11-17)24(35)33-25-10-4-7-21(19(25)14-25)31-22-13-23(26(28,29)30)32-20-9-8-16(27)12-18(20)22/h3,5-6,8-9,11-13,19,21,34H,2,4,7,10,14H2,1H3,(H,31,32)(H,33,35). The number of halogens is 4. The van der Waals surface area contributed by atoms with Gasteiger partial charge in [0.05, 0.1) is 11.3 Å². The van der Waals surface area contributed by atoms with Crippen molar-refractivity contribution in [2.45, 2.75) is 50.4 Å². The summed E-state index contributed by atoms with van der Waals surface area (Å²) < 4.78 is 80.6. The van der Waals surface area contributed by atoms with E-state index in [0.717, 1.165) is 24.6 Å². The van der Waals surface area contributed by atoms with Gasteiger partial charge in [0.25, 0.3) is 5.91 Å². The minimum Gasteiger partial charge on any atom is -0.381 e. The highest BCUT2D eigenvalue weighted by Gasteiger charge is 2.60. The third-order valence-corrected chi connectivity index (χ3v) is 8.61. The van der Waals surface area contributed by atoms with E-state index in [-0.39, 0.29) is 45.9 Å². The molecule has 2 fully saturated rings. The smallest absolute Gasteiger partial charge is 0.381 e. The van der Waals surface area contributed by atoms with Gasteiger partial charge in [0.1, 0.15) is 11.5 Å². The minimum atomic E-state index is -4.66. The molecule has 2 aliphatic rings. The first-order valence-electron chi connectivity index (χ1n) is 12.3. The van der Waals surface area contributed by atoms with Crippen molar-refractivity contribution in [2.24, 2.45) is 5.92 Å². The maximum atomic E-state index is 14.0. The number of sulfonamides is 1. The maximum Gasteiger partial charge on any atom is 0.433 e. The van der Waals surface area contributed by atoms with E-state index in [2.05, 4.69) is 20.3 Å². The molecule has 12 heteroatoms. The van der Waals surface area contributed by atoms with Gasteiger partial charge in [-0.05, 0) is 75.1 Å². The van der Waals surface area contributed by atoms with Crippen molar-refractivity contribution in [2.75, 3.05) is 15.8 Å². The van der Waals surface area contributed by atoms with Crippen LogP contribution in [0.1, 0.15) is 48.7 Å². The number of fused-ring (bicyclic) bond motifs is 2. The van der Waals surface area contributed by atoms with Crippen LogP contribution < -0.4 is 15.4 Å². The van der Waals surface area contributed by atoms with Crippen molar-refractivity contribution < 1.29 is 30.8 Å². The number of pyridine rings is 1. The Balaban J connectivity index is 1.35. The summed E-state index contributed by atoms with van der Waals surface area (Å²) in [6.45, 7) is 1.51. The number of hydrogen-bond donors (Lipinski definition) is 3. The predicted molar refractivity (Wildman–Crippen MR) is 136 cm³/mol. The van der Waals surface area contributed by atoms with Crippen LogP contribution in [-0.2, 0) is 16.2 Å². The van der Waals surface area contributed by atoms with Gasteiger partial charge in [0, 0.05) is 39.8 Å². The number of nitrogens with one attached hydrogen (secondary N) is 3. The summed E-state index contributed by atoms with van der Waals surface area (Å²) in [5.41, 5.74) is -0.826. The van der Waals surface area contributed by atoms with Gasteiger partial charge in [-0.15, -0.1) is 0 Å². The van der Waals surface area contributed by atoms with Crippen LogP contribution in [0.3, 0.4) is 0 Å². The van der Waals surface area contributed by atoms with Gasteiger partial charge in [-0.2, -0.15) is 13.2 Å². The molecule has 0 radical (unpaired) electrons. The number of anilines is 2. The number of carbonyl (C=O) groups is 1. The zero-order chi connectivity index (χ0) is 27.3. The second kappa shape index (κ2) is 9.40. The first kappa shape index (κ1) is 26.2. The van der Waals surface area contributed by atoms with E-state index in [1.165, 1.54) is 19.1 Å². The molecule has 5 rings (SSSR count). The van der Waals surface area contributed by atoms with Crippen LogP contribution in [0.2, 0.25) is 0 Å². The van der Waals surface area contributed by atoms with Crippen LogP contribution in [0.4, 0.5) is 28.9 Å². The number of aromatic nitrogens is 1. The highest BCUT2D eigenvalue weighted by atomic mass is 32.2. The zero-order valence-corrected chi connectivity index (χ0v) is 21.2. The number of hydrogen-bond acceptors (Lipinski definition) is 5. The Kier molecular flexibility index (Phi) is 6.49. The molecule has 2 aliphatic carbocycles. The van der Waals surface area contributed by atoms with Crippen LogP contribution in [0.5, 0.6) is 0 Å². The van der Waals surface area contributed by atoms with E-state index in [9.17, 15) is 30.8 Å². The molecule has 1 amide bonds. The number of carbonyl (C=O) groups excluding carboxylic acids is 1. The Hall–Kier alpha value is -3.41. The summed E-state index contributed by atoms with van der Waals surface area (Å²) >= 11 is 0. The monoisotopic (exact) mass is 550 g/mol. The zero-order valence-electron chi connectivity index (χ0n) is 20.4. The predicted octanol–water partition coefficient (Wildman–Crippen LogP) is 5.31. The Morgan fingerprint density at radius 3 is 2.68 bits per heavy atom. The van der Waals surface area contributed by atoms with E-state index >= 15 is 0 Å². The number of alkyl halides is 3. The lowest BCUT2D eigenvalue weighted by atomic mass is 9.90. The van der Waals surface area contributed by atoms with Crippen LogP contribution in [-0.4, -0.2) is 36.6 Å². The molecule has 38 heavy (non-hydrogen) atoms. The molecule has 3 unspecified atom stereocenters. The first-order valence-corrected chi connectivity index (χ1v) is 13.9. The maximum absolute atomic E-state index is 14.0. The SMILES string of the molecule is CCS(=O)(=O)Nc1cccc(C(=O)NC23CCCC(Nc4cc(C(F)(F)F)nc5ccc(F)cc45)C2C3)c1. The van der Waals surface area contributed by atoms with Crippen LogP contribution in [0.15, 0.2) is 48.5 Å². The topological polar surface area (TPSA) is 100 Å². The summed E-state index contributed by atoms with van der Waals surface area (Å²) in [4.78, 5) is 16.7. The molecule has 3 N–H and O–H groups in total. The molecule has 0 aliphatic heterocycles. The molecule has 2 saturated carbocycles. The van der Waals surface area contributed by atoms with E-state index in [1.807, 2.05) is 0 Å². The van der Waals surface area contributed by atoms with Gasteiger partial charge in [-0.25, -0.2) is 17.8 Å². The molecule has 1 heterocycles. The Bertz CT molecular complexity index is 1510. The largest absolute Gasteiger partial charge is 0.433 e. The fourth-order valence-electron chi connectivity index (χ4n) is 5.30. The first-order chi connectivity index (χ1) is 17.9. The van der Waals surface area contributed by atoms with Crippen LogP contribution >= 0.6 is 0 Å². The highest BCUT2D eigenvalue weighted by Crippen LogP contribution is 2.54. The summed E-state index contributed by atoms with van der Waals surface area (Å²) in [5, 5.41) is 6.53. The van der Waals surface area contributed by atoms with E-state index < -0.39 is 33.2 Å². The molecule has 1 aromatic heterocycles. The van der Waals surface area contributed by atoms with Crippen molar-refractivity contribution in [1.29, 1.82) is 0 Å². The molecule has 0 saturated heterocycles. The van der Waals surface area contributed by atoms with Crippen molar-refractivity contribution in [1.82, 2.24) is 10.3 Å². The van der Waals surface area contributed by atoms with Gasteiger partial charge in [-0.3, -0.25) is 9.52 Å². The lowest BCUT2D eigenvalue weighted by Crippen LogP contribution is -2.44. The second-order valence-corrected chi connectivity index (χ2v) is 11.9. The summed E-state index contributed by atoms with van der Waals surface area (Å²) in [7, 11) is -3.50. The molecule has 3 atom stereocenters. The fraction of sp³-hybridized carbons (Fsp3) is 0.385. The summed E-state index contributed by atoms with van der Waals surface area (Å²) in [5.74, 6) is -1.08. The minimum absolute atomic E-state index is 0.0342. The van der Waals surface area contributed by atoms with Gasteiger partial charge >= 0.3 is 6.18 Å². The highest BCUT2D eigenvalue weighted by molar-refractivity contribution is 7.92. The van der Waals surface area contributed by atoms with E-state index in [4.69, 9.17) is 0 Å². The number of nitrogens with zero attached hydrogens (tertiary/aromatic N) is 1. The van der Waals surface area contributed by atoms with Gasteiger partial charge < -0.3 is 10.6 Å². The van der Waals surface area contributed by atoms with E-state index in [0.29, 0.717) is 24.8 Å². The third-order valence-electron chi connectivity index (χ3n) is 7.30. The van der Waals surface area contributed by atoms with Crippen LogP contribution in [0.25, 0.3) is 10.9 Å². The molecule has 2 aromatic carbocycles. The summed E-state index contributed by atoms with van der Waals surface area (Å²) in [6.07, 6.45) is -1.90. The van der Waals surface area contributed by atoms with Crippen molar-refractivity contribution >= 4 is 38.2 Å². The number of rotatable bonds is 7. The Morgan fingerprint density at radius 2 is 1.95 bits per heavy atom. The molecule has 0 spiro atoms. The van der Waals surface area contributed by atoms with Gasteiger partial charge in [-0.1, -0.05) is 6.07 Å². The van der Waals surface area contributed by atoms with Crippen LogP contribution in [0, 0.1) is 11.7 Å². The normalized spacial score (nSPS) is 23.0. The lowest BCUT2D eigenvalue weighted by Gasteiger charge is -2.31. The third kappa shape index (κ3) is 5.27. The lowest BCUT2D eigenvalue weighted by molar-refractivity contribution is -0.140. The molecular weight excluding hydrogens is 524 g/mol. The molecule has 7 nitrogen and oxygen atoms in total. The molecule has 202 valence electrons. The molecular formula is C26H26F4N4O3S. The Labute approximate surface area is 217 Å². The van der Waals surface area contributed by atoms with E-state index in [1.54, 1.807) is 18.2 Å². The summed E-state index contributed by atoms with van der Waals surface area (Å²) in [6, 6.07) is 10.3. The quantitative estimate of drug-likeness (QED) is 0.347. The van der Waals surface area contributed by atoms with Crippen molar-refractivity contribution in [3.8, 4) is 0 Å². The van der Waals surface area contributed by atoms with Gasteiger partial charge in [0.15, 0.2) is 0 Å². The average Bonchev–Trinajstić information content (AvgIpc) is 3.58. The average molecular weight is 551 g/mol. The number of benzene rings is 2. The van der Waals surface area contributed by atoms with Gasteiger partial charge in [0.2, 0.25) is 10.0 Å².